The Bertz CT molecular complexity index is 1860. The molecule has 0 bridgehead atoms. The number of halogens is 9. The lowest BCUT2D eigenvalue weighted by Crippen LogP contribution is -2.25. The Hall–Kier alpha value is -4.73. The molecule has 0 aliphatic rings. The minimum atomic E-state index is -4.54. The van der Waals surface area contributed by atoms with E-state index in [1.807, 2.05) is 12.1 Å². The van der Waals surface area contributed by atoms with Gasteiger partial charge in [-0.1, -0.05) is 62.2 Å². The van der Waals surface area contributed by atoms with Gasteiger partial charge >= 0.3 is 6.11 Å². The van der Waals surface area contributed by atoms with Crippen LogP contribution in [-0.4, -0.2) is 0 Å². The summed E-state index contributed by atoms with van der Waals surface area (Å²) in [4.78, 5) is 0. The molecule has 0 unspecified atom stereocenters. The van der Waals surface area contributed by atoms with Gasteiger partial charge in [0.25, 0.3) is 6.43 Å². The van der Waals surface area contributed by atoms with Crippen molar-refractivity contribution in [3.63, 3.8) is 0 Å². The molecule has 0 atom stereocenters. The highest BCUT2D eigenvalue weighted by Crippen LogP contribution is 2.39. The van der Waals surface area contributed by atoms with Crippen molar-refractivity contribution in [3.05, 3.63) is 137 Å². The predicted octanol–water partition coefficient (Wildman–Crippen LogP) is 12.2. The lowest BCUT2D eigenvalue weighted by Gasteiger charge is -2.20. The van der Waals surface area contributed by atoms with Crippen molar-refractivity contribution in [2.75, 3.05) is 0 Å². The van der Waals surface area contributed by atoms with Gasteiger partial charge in [0.1, 0.15) is 40.4 Å². The molecular weight excluding hydrogens is 631 g/mol. The molecule has 0 saturated heterocycles. The van der Waals surface area contributed by atoms with Gasteiger partial charge in [0.05, 0.1) is 5.56 Å². The number of alkyl halides is 4. The zero-order chi connectivity index (χ0) is 33.9. The molecule has 0 N–H and O–H groups in total. The number of unbranched alkanes of at least 4 members (excludes halogenated alkanes) is 2. The van der Waals surface area contributed by atoms with E-state index in [9.17, 15) is 26.3 Å². The van der Waals surface area contributed by atoms with E-state index in [-0.39, 0.29) is 27.8 Å². The van der Waals surface area contributed by atoms with Crippen LogP contribution in [0.1, 0.15) is 49.3 Å². The van der Waals surface area contributed by atoms with Crippen molar-refractivity contribution in [2.24, 2.45) is 0 Å². The molecule has 0 amide bonds. The van der Waals surface area contributed by atoms with E-state index in [4.69, 9.17) is 0 Å². The summed E-state index contributed by atoms with van der Waals surface area (Å²) >= 11 is 0. The first kappa shape index (κ1) is 33.6. The van der Waals surface area contributed by atoms with Gasteiger partial charge in [0, 0.05) is 17.2 Å². The van der Waals surface area contributed by atoms with Crippen LogP contribution in [0.15, 0.2) is 91.0 Å². The Kier molecular flexibility index (Phi) is 9.98. The van der Waals surface area contributed by atoms with Gasteiger partial charge in [-0.3, -0.25) is 0 Å². The lowest BCUT2D eigenvalue weighted by atomic mass is 9.98. The fourth-order valence-corrected chi connectivity index (χ4v) is 5.24. The summed E-state index contributed by atoms with van der Waals surface area (Å²) in [5, 5.41) is 0. The number of hydrogen-bond donors (Lipinski definition) is 0. The third-order valence-corrected chi connectivity index (χ3v) is 7.70. The Morgan fingerprint density at radius 2 is 1.11 bits per heavy atom. The first-order valence-electron chi connectivity index (χ1n) is 14.7. The zero-order valence-corrected chi connectivity index (χ0v) is 24.9. The van der Waals surface area contributed by atoms with E-state index in [1.165, 1.54) is 12.1 Å². The average Bonchev–Trinajstić information content (AvgIpc) is 3.00. The van der Waals surface area contributed by atoms with Gasteiger partial charge in [-0.2, -0.15) is 8.78 Å². The zero-order valence-electron chi connectivity index (χ0n) is 24.9. The summed E-state index contributed by atoms with van der Waals surface area (Å²) in [5.74, 6) is -7.16. The average molecular weight is 659 g/mol. The summed E-state index contributed by atoms with van der Waals surface area (Å²) in [5.41, 5.74) is -1.44. The maximum absolute atomic E-state index is 15.1. The maximum atomic E-state index is 15.1. The van der Waals surface area contributed by atoms with Crippen molar-refractivity contribution >= 4 is 0 Å². The minimum absolute atomic E-state index is 0.0339. The highest BCUT2D eigenvalue weighted by atomic mass is 19.3. The van der Waals surface area contributed by atoms with Crippen LogP contribution in [0.4, 0.5) is 39.5 Å². The molecule has 0 radical (unpaired) electrons. The number of hydrogen-bond acceptors (Lipinski definition) is 1. The van der Waals surface area contributed by atoms with Crippen molar-refractivity contribution in [2.45, 2.75) is 45.1 Å². The van der Waals surface area contributed by atoms with Crippen LogP contribution in [0.2, 0.25) is 0 Å². The molecule has 0 heterocycles. The summed E-state index contributed by atoms with van der Waals surface area (Å²) in [6, 6.07) is 17.0. The normalized spacial score (nSPS) is 11.7. The number of rotatable bonds is 11. The molecule has 10 heteroatoms. The highest BCUT2D eigenvalue weighted by molar-refractivity contribution is 5.72. The topological polar surface area (TPSA) is 9.23 Å². The van der Waals surface area contributed by atoms with Crippen molar-refractivity contribution in [1.82, 2.24) is 0 Å². The number of benzene rings is 5. The Labute approximate surface area is 265 Å². The van der Waals surface area contributed by atoms with Gasteiger partial charge < -0.3 is 4.74 Å². The Morgan fingerprint density at radius 1 is 0.574 bits per heavy atom. The number of aryl methyl sites for hydroxylation is 1. The summed E-state index contributed by atoms with van der Waals surface area (Å²) in [6.07, 6.45) is -3.63. The van der Waals surface area contributed by atoms with Crippen LogP contribution in [-0.2, 0) is 12.5 Å². The summed E-state index contributed by atoms with van der Waals surface area (Å²) < 4.78 is 134. The van der Waals surface area contributed by atoms with E-state index in [1.54, 1.807) is 12.1 Å². The molecule has 0 aliphatic carbocycles. The largest absolute Gasteiger partial charge is 0.432 e. The van der Waals surface area contributed by atoms with Crippen LogP contribution in [0.25, 0.3) is 33.4 Å². The molecule has 0 fully saturated rings. The molecule has 47 heavy (non-hydrogen) atoms. The number of ether oxygens (including phenoxy) is 1. The smallest absolute Gasteiger partial charge is 0.429 e. The van der Waals surface area contributed by atoms with Gasteiger partial charge in [0.15, 0.2) is 0 Å². The second-order valence-corrected chi connectivity index (χ2v) is 11.0. The third kappa shape index (κ3) is 7.48. The monoisotopic (exact) mass is 658 g/mol. The van der Waals surface area contributed by atoms with Crippen molar-refractivity contribution < 1.29 is 44.3 Å². The van der Waals surface area contributed by atoms with E-state index in [0.717, 1.165) is 79.8 Å². The molecule has 5 rings (SSSR count). The molecule has 5 aromatic rings. The minimum Gasteiger partial charge on any atom is -0.429 e. The van der Waals surface area contributed by atoms with Crippen LogP contribution in [0.5, 0.6) is 5.75 Å². The SMILES string of the molecule is CCCCCc1ccc(-c2cc(F)c(C(F)(F)Oc3ccc(-c4ccc(-c5ccc(C(F)F)c(F)c5)c(F)c4)c(F)c3)c(F)c2)cc1. The van der Waals surface area contributed by atoms with Crippen molar-refractivity contribution in [3.8, 4) is 39.1 Å². The maximum Gasteiger partial charge on any atom is 0.432 e. The molecule has 5 aromatic carbocycles. The fraction of sp³-hybridized carbons (Fsp3) is 0.189. The Morgan fingerprint density at radius 3 is 1.66 bits per heavy atom. The van der Waals surface area contributed by atoms with Gasteiger partial charge in [-0.15, -0.1) is 0 Å². The van der Waals surface area contributed by atoms with Crippen molar-refractivity contribution in [1.29, 1.82) is 0 Å². The summed E-state index contributed by atoms with van der Waals surface area (Å²) in [7, 11) is 0. The van der Waals surface area contributed by atoms with Crippen LogP contribution < -0.4 is 4.74 Å². The third-order valence-electron chi connectivity index (χ3n) is 7.70. The van der Waals surface area contributed by atoms with Crippen LogP contribution in [0.3, 0.4) is 0 Å². The first-order chi connectivity index (χ1) is 22.4. The molecule has 0 saturated carbocycles. The first-order valence-corrected chi connectivity index (χ1v) is 14.7. The van der Waals surface area contributed by atoms with Gasteiger partial charge in [-0.05, 0) is 83.1 Å². The van der Waals surface area contributed by atoms with E-state index in [0.29, 0.717) is 11.6 Å². The summed E-state index contributed by atoms with van der Waals surface area (Å²) in [6.45, 7) is 2.09. The quantitative estimate of drug-likeness (QED) is 0.101. The van der Waals surface area contributed by atoms with Crippen LogP contribution in [0, 0.1) is 29.1 Å². The Balaban J connectivity index is 1.34. The predicted molar refractivity (Wildman–Crippen MR) is 162 cm³/mol. The molecular formula is C37H27F9O. The molecule has 1 nitrogen and oxygen atoms in total. The molecule has 0 aliphatic heterocycles. The second-order valence-electron chi connectivity index (χ2n) is 11.0. The molecule has 0 aromatic heterocycles. The highest BCUT2D eigenvalue weighted by Gasteiger charge is 2.41. The fourth-order valence-electron chi connectivity index (χ4n) is 5.24. The molecule has 244 valence electrons. The van der Waals surface area contributed by atoms with E-state index < -0.39 is 58.5 Å². The van der Waals surface area contributed by atoms with E-state index in [2.05, 4.69) is 11.7 Å². The van der Waals surface area contributed by atoms with Crippen LogP contribution >= 0.6 is 0 Å². The molecule has 0 spiro atoms. The second kappa shape index (κ2) is 13.9. The standard InChI is InChI=1S/C37H27F9O/c1-2-3-4-5-21-6-8-22(9-7-21)25-18-33(41)35(34(42)19-25)37(45,46)47-26-12-15-28(32(40)20-26)23-10-13-27(30(38)16-23)24-11-14-29(36(43)44)31(39)17-24/h6-20,36H,2-5H2,1H3. The van der Waals surface area contributed by atoms with Gasteiger partial charge in [0.2, 0.25) is 0 Å². The lowest BCUT2D eigenvalue weighted by molar-refractivity contribution is -0.189. The van der Waals surface area contributed by atoms with E-state index >= 15 is 13.2 Å². The van der Waals surface area contributed by atoms with Gasteiger partial charge in [-0.25, -0.2) is 30.7 Å².